The first-order valence-electron chi connectivity index (χ1n) is 8.91. The van der Waals surface area contributed by atoms with Gasteiger partial charge in [-0.3, -0.25) is 4.90 Å². The topological polar surface area (TPSA) is 120 Å². The summed E-state index contributed by atoms with van der Waals surface area (Å²) >= 11 is 0. The Balaban J connectivity index is 2.08. The van der Waals surface area contributed by atoms with Crippen LogP contribution in [0.3, 0.4) is 0 Å². The van der Waals surface area contributed by atoms with Crippen LogP contribution in [0.4, 0.5) is 19.3 Å². The van der Waals surface area contributed by atoms with E-state index in [2.05, 4.69) is 10.4 Å². The van der Waals surface area contributed by atoms with Crippen molar-refractivity contribution in [2.75, 3.05) is 12.0 Å². The largest absolute Gasteiger partial charge is 0.496 e. The Kier molecular flexibility index (Phi) is 5.81. The smallest absolute Gasteiger partial charge is 0.377 e. The average Bonchev–Trinajstić information content (AvgIpc) is 3.08. The summed E-state index contributed by atoms with van der Waals surface area (Å²) in [4.78, 5) is 38.2. The Hall–Kier alpha value is -4.09. The summed E-state index contributed by atoms with van der Waals surface area (Å²) in [6, 6.07) is 5.41. The van der Waals surface area contributed by atoms with Gasteiger partial charge in [0, 0.05) is 17.8 Å². The number of methoxy groups -OCH3 is 1. The molecule has 31 heavy (non-hydrogen) atoms. The lowest BCUT2D eigenvalue weighted by Gasteiger charge is -2.26. The zero-order chi connectivity index (χ0) is 22.9. The molecule has 1 amide bonds. The molecule has 1 heterocycles. The first-order valence-corrected chi connectivity index (χ1v) is 8.91. The molecule has 0 aliphatic heterocycles. The van der Waals surface area contributed by atoms with Crippen LogP contribution in [0.1, 0.15) is 24.2 Å². The second-order valence-electron chi connectivity index (χ2n) is 6.59. The highest BCUT2D eigenvalue weighted by molar-refractivity contribution is 5.96. The third kappa shape index (κ3) is 3.86. The number of tetrazole rings is 1. The number of carbonyl (C=O) groups is 2. The molecule has 0 spiro atoms. The molecule has 0 aliphatic rings. The lowest BCUT2D eigenvalue weighted by atomic mass is 10.1. The van der Waals surface area contributed by atoms with Gasteiger partial charge in [0.1, 0.15) is 17.0 Å². The van der Waals surface area contributed by atoms with Crippen molar-refractivity contribution in [2.45, 2.75) is 19.9 Å². The van der Waals surface area contributed by atoms with Gasteiger partial charge in [-0.15, -0.1) is 4.68 Å². The number of hydrogen-bond acceptors (Lipinski definition) is 6. The number of carboxylic acids is 1. The maximum Gasteiger partial charge on any atom is 0.377 e. The van der Waals surface area contributed by atoms with Crippen molar-refractivity contribution in [1.29, 1.82) is 0 Å². The van der Waals surface area contributed by atoms with Crippen LogP contribution in [0.5, 0.6) is 5.75 Å². The maximum atomic E-state index is 14.0. The predicted octanol–water partition coefficient (Wildman–Crippen LogP) is 2.30. The van der Waals surface area contributed by atoms with E-state index in [9.17, 15) is 28.3 Å². The van der Waals surface area contributed by atoms with E-state index in [0.717, 1.165) is 23.1 Å². The van der Waals surface area contributed by atoms with E-state index < -0.39 is 41.1 Å². The van der Waals surface area contributed by atoms with Crippen LogP contribution >= 0.6 is 0 Å². The molecule has 2 aromatic carbocycles. The van der Waals surface area contributed by atoms with Gasteiger partial charge in [-0.1, -0.05) is 6.07 Å². The Morgan fingerprint density at radius 2 is 1.77 bits per heavy atom. The first-order chi connectivity index (χ1) is 14.7. The number of nitrogens with zero attached hydrogens (tertiary/aromatic N) is 5. The van der Waals surface area contributed by atoms with Gasteiger partial charge in [0.15, 0.2) is 11.6 Å². The van der Waals surface area contributed by atoms with Gasteiger partial charge in [-0.2, -0.15) is 4.68 Å². The van der Waals surface area contributed by atoms with E-state index in [-0.39, 0.29) is 17.0 Å². The molecule has 3 aromatic rings. The van der Waals surface area contributed by atoms with Gasteiger partial charge in [0.05, 0.1) is 7.11 Å². The molecule has 0 saturated carbocycles. The number of carboxylic acid groups (broad SMARTS) is 1. The van der Waals surface area contributed by atoms with Gasteiger partial charge in [-0.05, 0) is 48.5 Å². The van der Waals surface area contributed by atoms with E-state index in [4.69, 9.17) is 4.74 Å². The number of para-hydroxylation sites is 1. The molecule has 1 aromatic heterocycles. The van der Waals surface area contributed by atoms with Crippen molar-refractivity contribution in [3.8, 4) is 11.4 Å². The van der Waals surface area contributed by atoms with Crippen LogP contribution < -0.4 is 15.3 Å². The molecule has 162 valence electrons. The number of aromatic carboxylic acids is 1. The van der Waals surface area contributed by atoms with Gasteiger partial charge < -0.3 is 9.84 Å². The minimum atomic E-state index is -1.23. The number of ether oxygens (including phenoxy) is 1. The summed E-state index contributed by atoms with van der Waals surface area (Å²) in [6.07, 6.45) is 0. The number of aromatic nitrogens is 4. The highest BCUT2D eigenvalue weighted by atomic mass is 19.1. The zero-order valence-electron chi connectivity index (χ0n) is 16.6. The summed E-state index contributed by atoms with van der Waals surface area (Å²) in [5, 5.41) is 16.1. The van der Waals surface area contributed by atoms with Crippen LogP contribution in [-0.4, -0.2) is 50.0 Å². The maximum absolute atomic E-state index is 14.0. The highest BCUT2D eigenvalue weighted by Crippen LogP contribution is 2.27. The van der Waals surface area contributed by atoms with E-state index in [1.807, 2.05) is 0 Å². The van der Waals surface area contributed by atoms with Crippen LogP contribution in [0.15, 0.2) is 41.2 Å². The normalized spacial score (nSPS) is 10.9. The molecule has 0 radical (unpaired) electrons. The molecule has 0 fully saturated rings. The molecular formula is C19H17F2N5O5. The zero-order valence-corrected chi connectivity index (χ0v) is 16.6. The van der Waals surface area contributed by atoms with Crippen LogP contribution in [0, 0.1) is 11.6 Å². The first kappa shape index (κ1) is 21.6. The number of amides is 1. The summed E-state index contributed by atoms with van der Waals surface area (Å²) in [6.45, 7) is 3.28. The summed E-state index contributed by atoms with van der Waals surface area (Å²) < 4.78 is 33.8. The molecule has 10 nitrogen and oxygen atoms in total. The van der Waals surface area contributed by atoms with Crippen molar-refractivity contribution in [2.24, 2.45) is 0 Å². The van der Waals surface area contributed by atoms with Crippen LogP contribution in [0.2, 0.25) is 0 Å². The number of halogens is 2. The van der Waals surface area contributed by atoms with E-state index in [0.29, 0.717) is 9.36 Å². The molecule has 1 N–H and O–H groups in total. The Bertz CT molecular complexity index is 1200. The molecule has 0 aliphatic carbocycles. The van der Waals surface area contributed by atoms with Gasteiger partial charge >= 0.3 is 17.7 Å². The average molecular weight is 433 g/mol. The Labute approximate surface area is 173 Å². The third-order valence-corrected chi connectivity index (χ3v) is 4.33. The number of anilines is 1. The second kappa shape index (κ2) is 8.34. The Morgan fingerprint density at radius 1 is 1.13 bits per heavy atom. The monoisotopic (exact) mass is 433 g/mol. The molecule has 0 saturated heterocycles. The minimum Gasteiger partial charge on any atom is -0.496 e. The van der Waals surface area contributed by atoms with Gasteiger partial charge in [0.25, 0.3) is 0 Å². The number of hydrogen-bond donors (Lipinski definition) is 1. The highest BCUT2D eigenvalue weighted by Gasteiger charge is 2.27. The van der Waals surface area contributed by atoms with Crippen LogP contribution in [-0.2, 0) is 0 Å². The van der Waals surface area contributed by atoms with Crippen molar-refractivity contribution < 1.29 is 28.2 Å². The van der Waals surface area contributed by atoms with Crippen molar-refractivity contribution >= 4 is 17.7 Å². The lowest BCUT2D eigenvalue weighted by Crippen LogP contribution is -2.44. The van der Waals surface area contributed by atoms with E-state index in [1.165, 1.54) is 25.3 Å². The molecule has 3 rings (SSSR count). The van der Waals surface area contributed by atoms with E-state index >= 15 is 0 Å². The van der Waals surface area contributed by atoms with Gasteiger partial charge in [0.2, 0.25) is 0 Å². The summed E-state index contributed by atoms with van der Waals surface area (Å²) in [7, 11) is 1.27. The fourth-order valence-corrected chi connectivity index (χ4v) is 2.94. The lowest BCUT2D eigenvalue weighted by molar-refractivity contribution is 0.0693. The molecule has 0 bridgehead atoms. The van der Waals surface area contributed by atoms with Crippen LogP contribution in [0.25, 0.3) is 5.69 Å². The Morgan fingerprint density at radius 3 is 2.32 bits per heavy atom. The fraction of sp³-hybridized carbons (Fsp3) is 0.211. The predicted molar refractivity (Wildman–Crippen MR) is 104 cm³/mol. The minimum absolute atomic E-state index is 0.00659. The summed E-state index contributed by atoms with van der Waals surface area (Å²) in [5.41, 5.74) is -1.87. The van der Waals surface area contributed by atoms with Crippen molar-refractivity contribution in [1.82, 2.24) is 19.8 Å². The quantitative estimate of drug-likeness (QED) is 0.613. The molecule has 0 unspecified atom stereocenters. The second-order valence-corrected chi connectivity index (χ2v) is 6.59. The number of rotatable bonds is 5. The van der Waals surface area contributed by atoms with Crippen molar-refractivity contribution in [3.05, 3.63) is 64.1 Å². The van der Waals surface area contributed by atoms with Gasteiger partial charge in [-0.25, -0.2) is 23.2 Å². The number of benzene rings is 2. The summed E-state index contributed by atoms with van der Waals surface area (Å²) in [5.74, 6) is -3.35. The fourth-order valence-electron chi connectivity index (χ4n) is 2.94. The standard InChI is InChI=1S/C19H17F2N5O5/c1-10(2)24(11-7-8-12(17(27)28)15(9-11)31-3)18(29)26-19(30)25(22-23-26)16-13(20)5-4-6-14(16)21/h4-10H,1-3H3,(H,27,28). The molecule has 12 heteroatoms. The third-order valence-electron chi connectivity index (χ3n) is 4.33. The molecular weight excluding hydrogens is 416 g/mol. The van der Waals surface area contributed by atoms with Crippen molar-refractivity contribution in [3.63, 3.8) is 0 Å². The van der Waals surface area contributed by atoms with E-state index in [1.54, 1.807) is 13.8 Å². The molecule has 0 atom stereocenters. The number of carbonyl (C=O) groups excluding carboxylic acids is 1. The SMILES string of the molecule is COc1cc(N(C(=O)n2nnn(-c3c(F)cccc3F)c2=O)C(C)C)ccc1C(=O)O.